The fraction of sp³-hybridized carbons (Fsp3) is 0.889. The molecule has 0 radical (unpaired) electrons. The molecule has 0 aliphatic carbocycles. The number of thioether (sulfide) groups is 1. The molecule has 1 fully saturated rings. The Morgan fingerprint density at radius 2 is 2.20 bits per heavy atom. The summed E-state index contributed by atoms with van der Waals surface area (Å²) in [6.45, 7) is 4.05. The quantitative estimate of drug-likeness (QED) is 0.787. The van der Waals surface area contributed by atoms with Crippen LogP contribution in [0.2, 0.25) is 0 Å². The standard InChI is InChI=1S/C9H17NO3S2/c1-7(2)14-5-9(11)10-8-3-4-15(12,13)6-8/h7-8H,3-6H2,1-2H3,(H,10,11). The van der Waals surface area contributed by atoms with Crippen molar-refractivity contribution in [3.05, 3.63) is 0 Å². The molecule has 1 rings (SSSR count). The van der Waals surface area contributed by atoms with Gasteiger partial charge in [0, 0.05) is 6.04 Å². The van der Waals surface area contributed by atoms with E-state index in [4.69, 9.17) is 0 Å². The van der Waals surface area contributed by atoms with E-state index in [-0.39, 0.29) is 23.5 Å². The van der Waals surface area contributed by atoms with E-state index in [1.807, 2.05) is 13.8 Å². The molecular formula is C9H17NO3S2. The highest BCUT2D eigenvalue weighted by molar-refractivity contribution is 8.00. The molecule has 0 saturated carbocycles. The first-order valence-electron chi connectivity index (χ1n) is 5.00. The smallest absolute Gasteiger partial charge is 0.230 e. The van der Waals surface area contributed by atoms with Gasteiger partial charge in [-0.25, -0.2) is 8.42 Å². The van der Waals surface area contributed by atoms with Crippen LogP contribution in [0.5, 0.6) is 0 Å². The monoisotopic (exact) mass is 251 g/mol. The summed E-state index contributed by atoms with van der Waals surface area (Å²) in [5.74, 6) is 0.657. The molecule has 1 atom stereocenters. The van der Waals surface area contributed by atoms with E-state index < -0.39 is 9.84 Å². The van der Waals surface area contributed by atoms with E-state index in [9.17, 15) is 13.2 Å². The highest BCUT2D eigenvalue weighted by Gasteiger charge is 2.28. The zero-order chi connectivity index (χ0) is 11.5. The molecule has 0 aromatic rings. The lowest BCUT2D eigenvalue weighted by Gasteiger charge is -2.11. The second-order valence-electron chi connectivity index (χ2n) is 4.03. The van der Waals surface area contributed by atoms with Crippen LogP contribution in [0.1, 0.15) is 20.3 Å². The van der Waals surface area contributed by atoms with Crippen molar-refractivity contribution >= 4 is 27.5 Å². The first kappa shape index (κ1) is 12.8. The van der Waals surface area contributed by atoms with E-state index in [1.165, 1.54) is 0 Å². The number of amides is 1. The Hall–Kier alpha value is -0.230. The number of sulfone groups is 1. The Kier molecular flexibility index (Phi) is 4.45. The molecule has 1 heterocycles. The molecule has 0 bridgehead atoms. The zero-order valence-electron chi connectivity index (χ0n) is 9.02. The largest absolute Gasteiger partial charge is 0.352 e. The van der Waals surface area contributed by atoms with Crippen molar-refractivity contribution in [1.29, 1.82) is 0 Å². The topological polar surface area (TPSA) is 63.2 Å². The number of hydrogen-bond acceptors (Lipinski definition) is 4. The van der Waals surface area contributed by atoms with Crippen LogP contribution in [-0.4, -0.2) is 42.9 Å². The van der Waals surface area contributed by atoms with Gasteiger partial charge in [0.05, 0.1) is 17.3 Å². The molecule has 6 heteroatoms. The molecule has 4 nitrogen and oxygen atoms in total. The first-order valence-corrected chi connectivity index (χ1v) is 7.87. The van der Waals surface area contributed by atoms with Crippen LogP contribution in [0.3, 0.4) is 0 Å². The molecule has 1 aliphatic rings. The van der Waals surface area contributed by atoms with Gasteiger partial charge in [0.2, 0.25) is 5.91 Å². The number of carbonyl (C=O) groups is 1. The van der Waals surface area contributed by atoms with Gasteiger partial charge in [-0.15, -0.1) is 11.8 Å². The maximum atomic E-state index is 11.4. The van der Waals surface area contributed by atoms with Crippen molar-refractivity contribution in [2.75, 3.05) is 17.3 Å². The van der Waals surface area contributed by atoms with Crippen molar-refractivity contribution in [3.8, 4) is 0 Å². The van der Waals surface area contributed by atoms with E-state index in [0.717, 1.165) is 0 Å². The van der Waals surface area contributed by atoms with Crippen molar-refractivity contribution in [2.45, 2.75) is 31.6 Å². The van der Waals surface area contributed by atoms with Gasteiger partial charge in [0.25, 0.3) is 0 Å². The number of rotatable bonds is 4. The predicted octanol–water partition coefficient (Wildman–Crippen LogP) is 0.431. The summed E-state index contributed by atoms with van der Waals surface area (Å²) in [5, 5.41) is 3.17. The summed E-state index contributed by atoms with van der Waals surface area (Å²) in [6, 6.07) is -0.171. The van der Waals surface area contributed by atoms with Crippen LogP contribution in [0.4, 0.5) is 0 Å². The Morgan fingerprint density at radius 1 is 1.53 bits per heavy atom. The van der Waals surface area contributed by atoms with Gasteiger partial charge in [-0.2, -0.15) is 0 Å². The lowest BCUT2D eigenvalue weighted by atomic mass is 10.3. The van der Waals surface area contributed by atoms with Crippen molar-refractivity contribution in [2.24, 2.45) is 0 Å². The third-order valence-corrected chi connectivity index (χ3v) is 5.01. The molecule has 88 valence electrons. The Balaban J connectivity index is 2.28. The van der Waals surface area contributed by atoms with Gasteiger partial charge >= 0.3 is 0 Å². The maximum absolute atomic E-state index is 11.4. The van der Waals surface area contributed by atoms with E-state index >= 15 is 0 Å². The van der Waals surface area contributed by atoms with Crippen LogP contribution in [0.25, 0.3) is 0 Å². The molecule has 1 unspecified atom stereocenters. The summed E-state index contributed by atoms with van der Waals surface area (Å²) in [6.07, 6.45) is 0.556. The normalized spacial score (nSPS) is 24.3. The van der Waals surface area contributed by atoms with Gasteiger partial charge in [0.1, 0.15) is 0 Å². The molecule has 15 heavy (non-hydrogen) atoms. The van der Waals surface area contributed by atoms with Crippen molar-refractivity contribution < 1.29 is 13.2 Å². The van der Waals surface area contributed by atoms with Crippen LogP contribution in [-0.2, 0) is 14.6 Å². The molecular weight excluding hydrogens is 234 g/mol. The molecule has 1 saturated heterocycles. The minimum atomic E-state index is -2.89. The third-order valence-electron chi connectivity index (χ3n) is 2.15. The van der Waals surface area contributed by atoms with Crippen LogP contribution in [0, 0.1) is 0 Å². The van der Waals surface area contributed by atoms with Crippen LogP contribution >= 0.6 is 11.8 Å². The zero-order valence-corrected chi connectivity index (χ0v) is 10.7. The number of hydrogen-bond donors (Lipinski definition) is 1. The molecule has 1 amide bonds. The minimum absolute atomic E-state index is 0.0594. The Labute approximate surface area is 95.1 Å². The van der Waals surface area contributed by atoms with Gasteiger partial charge in [0.15, 0.2) is 9.84 Å². The summed E-state index contributed by atoms with van der Waals surface area (Å²) in [5.41, 5.74) is 0. The molecule has 0 aromatic heterocycles. The Bertz CT molecular complexity index is 324. The Morgan fingerprint density at radius 3 is 2.67 bits per heavy atom. The van der Waals surface area contributed by atoms with Gasteiger partial charge in [-0.1, -0.05) is 13.8 Å². The van der Waals surface area contributed by atoms with Crippen molar-refractivity contribution in [3.63, 3.8) is 0 Å². The fourth-order valence-electron chi connectivity index (χ4n) is 1.42. The molecule has 0 aromatic carbocycles. The average Bonchev–Trinajstić information content (AvgIpc) is 2.42. The lowest BCUT2D eigenvalue weighted by Crippen LogP contribution is -2.36. The fourth-order valence-corrected chi connectivity index (χ4v) is 3.66. The van der Waals surface area contributed by atoms with Crippen molar-refractivity contribution in [1.82, 2.24) is 5.32 Å². The van der Waals surface area contributed by atoms with E-state index in [1.54, 1.807) is 11.8 Å². The average molecular weight is 251 g/mol. The van der Waals surface area contributed by atoms with E-state index in [0.29, 0.717) is 17.4 Å². The van der Waals surface area contributed by atoms with E-state index in [2.05, 4.69) is 5.32 Å². The van der Waals surface area contributed by atoms with Gasteiger partial charge in [-0.05, 0) is 11.7 Å². The summed E-state index contributed by atoms with van der Waals surface area (Å²) in [7, 11) is -2.89. The van der Waals surface area contributed by atoms with Crippen LogP contribution < -0.4 is 5.32 Å². The predicted molar refractivity (Wildman–Crippen MR) is 62.8 cm³/mol. The summed E-state index contributed by atoms with van der Waals surface area (Å²) in [4.78, 5) is 11.4. The summed E-state index contributed by atoms with van der Waals surface area (Å²) < 4.78 is 22.3. The highest BCUT2D eigenvalue weighted by Crippen LogP contribution is 2.12. The highest BCUT2D eigenvalue weighted by atomic mass is 32.2. The van der Waals surface area contributed by atoms with Crippen LogP contribution in [0.15, 0.2) is 0 Å². The minimum Gasteiger partial charge on any atom is -0.352 e. The second kappa shape index (κ2) is 5.21. The number of carbonyl (C=O) groups excluding carboxylic acids is 1. The third kappa shape index (κ3) is 4.88. The SMILES string of the molecule is CC(C)SCC(=O)NC1CCS(=O)(=O)C1. The maximum Gasteiger partial charge on any atom is 0.230 e. The molecule has 1 N–H and O–H groups in total. The molecule has 1 aliphatic heterocycles. The van der Waals surface area contributed by atoms with Gasteiger partial charge < -0.3 is 5.32 Å². The molecule has 0 spiro atoms. The lowest BCUT2D eigenvalue weighted by molar-refractivity contribution is -0.119. The van der Waals surface area contributed by atoms with Gasteiger partial charge in [-0.3, -0.25) is 4.79 Å². The summed E-state index contributed by atoms with van der Waals surface area (Å²) >= 11 is 1.56. The first-order chi connectivity index (χ1) is 6.89. The second-order valence-corrected chi connectivity index (χ2v) is 7.82. The number of nitrogens with one attached hydrogen (secondary N) is 1.